The van der Waals surface area contributed by atoms with Gasteiger partial charge in [-0.2, -0.15) is 13.5 Å². The van der Waals surface area contributed by atoms with Crippen LogP contribution in [0.3, 0.4) is 0 Å². The number of halogens is 1. The quantitative estimate of drug-likeness (QED) is 0.650. The van der Waals surface area contributed by atoms with Gasteiger partial charge in [0, 0.05) is 5.02 Å². The van der Waals surface area contributed by atoms with Crippen LogP contribution in [0.1, 0.15) is 12.5 Å². The Bertz CT molecular complexity index is 759. The van der Waals surface area contributed by atoms with Gasteiger partial charge in [-0.1, -0.05) is 23.7 Å². The molecule has 0 aromatic heterocycles. The number of ether oxygens (including phenoxy) is 1. The summed E-state index contributed by atoms with van der Waals surface area (Å²) in [6, 6.07) is 13.0. The fraction of sp³-hybridized carbons (Fsp3) is 0.133. The van der Waals surface area contributed by atoms with E-state index in [1.807, 2.05) is 6.92 Å². The summed E-state index contributed by atoms with van der Waals surface area (Å²) in [5, 5.41) is 4.29. The molecule has 0 aliphatic heterocycles. The minimum Gasteiger partial charge on any atom is -0.494 e. The Labute approximate surface area is 134 Å². The summed E-state index contributed by atoms with van der Waals surface area (Å²) in [6.45, 7) is 2.38. The second-order valence-corrected chi connectivity index (χ2v) is 6.41. The summed E-state index contributed by atoms with van der Waals surface area (Å²) < 4.78 is 29.4. The van der Waals surface area contributed by atoms with E-state index < -0.39 is 10.0 Å². The van der Waals surface area contributed by atoms with Crippen molar-refractivity contribution < 1.29 is 13.2 Å². The van der Waals surface area contributed by atoms with E-state index in [1.165, 1.54) is 18.3 Å². The van der Waals surface area contributed by atoms with Crippen LogP contribution in [0, 0.1) is 0 Å². The van der Waals surface area contributed by atoms with Crippen molar-refractivity contribution in [3.05, 3.63) is 59.1 Å². The van der Waals surface area contributed by atoms with Gasteiger partial charge in [0.2, 0.25) is 0 Å². The minimum absolute atomic E-state index is 0.110. The molecule has 0 bridgehead atoms. The van der Waals surface area contributed by atoms with E-state index in [9.17, 15) is 8.42 Å². The monoisotopic (exact) mass is 338 g/mol. The Kier molecular flexibility index (Phi) is 5.41. The molecule has 0 unspecified atom stereocenters. The van der Waals surface area contributed by atoms with E-state index in [4.69, 9.17) is 16.3 Å². The molecule has 1 N–H and O–H groups in total. The van der Waals surface area contributed by atoms with Crippen LogP contribution in [0.25, 0.3) is 0 Å². The van der Waals surface area contributed by atoms with Crippen LogP contribution < -0.4 is 9.57 Å². The lowest BCUT2D eigenvalue weighted by Gasteiger charge is -2.05. The Morgan fingerprint density at radius 1 is 1.23 bits per heavy atom. The molecule has 7 heteroatoms. The molecule has 0 atom stereocenters. The molecule has 0 aliphatic rings. The lowest BCUT2D eigenvalue weighted by Crippen LogP contribution is -2.18. The summed E-state index contributed by atoms with van der Waals surface area (Å²) in [4.78, 5) is 2.26. The number of sulfonamides is 1. The minimum atomic E-state index is -3.71. The van der Waals surface area contributed by atoms with Crippen molar-refractivity contribution in [2.24, 2.45) is 5.10 Å². The van der Waals surface area contributed by atoms with Gasteiger partial charge in [0.1, 0.15) is 5.75 Å². The first-order chi connectivity index (χ1) is 10.5. The predicted molar refractivity (Wildman–Crippen MR) is 87.0 cm³/mol. The largest absolute Gasteiger partial charge is 0.494 e. The third kappa shape index (κ3) is 4.47. The van der Waals surface area contributed by atoms with Crippen molar-refractivity contribution in [1.29, 1.82) is 0 Å². The first kappa shape index (κ1) is 16.3. The zero-order valence-electron chi connectivity index (χ0n) is 11.9. The second-order valence-electron chi connectivity index (χ2n) is 4.31. The highest BCUT2D eigenvalue weighted by Gasteiger charge is 2.12. The maximum Gasteiger partial charge on any atom is 0.276 e. The highest BCUT2D eigenvalue weighted by Crippen LogP contribution is 2.15. The van der Waals surface area contributed by atoms with Gasteiger partial charge in [-0.25, -0.2) is 4.83 Å². The fourth-order valence-electron chi connectivity index (χ4n) is 1.69. The standard InChI is InChI=1S/C15H15ClN2O3S/c1-2-21-14-6-8-15(9-7-14)22(19,20)18-17-11-12-4-3-5-13(16)10-12/h3-11,18H,2H2,1H3/b17-11+. The molecule has 0 radical (unpaired) electrons. The molecule has 0 amide bonds. The van der Waals surface area contributed by atoms with E-state index in [0.717, 1.165) is 0 Å². The normalized spacial score (nSPS) is 11.5. The van der Waals surface area contributed by atoms with E-state index in [-0.39, 0.29) is 4.90 Å². The van der Waals surface area contributed by atoms with Crippen LogP contribution in [0.2, 0.25) is 5.02 Å². The molecule has 0 aliphatic carbocycles. The molecule has 0 spiro atoms. The Morgan fingerprint density at radius 3 is 2.59 bits per heavy atom. The van der Waals surface area contributed by atoms with Crippen molar-refractivity contribution in [3.8, 4) is 5.75 Å². The lowest BCUT2D eigenvalue weighted by molar-refractivity contribution is 0.340. The van der Waals surface area contributed by atoms with E-state index in [2.05, 4.69) is 9.93 Å². The Balaban J connectivity index is 2.07. The van der Waals surface area contributed by atoms with Gasteiger partial charge in [0.05, 0.1) is 17.7 Å². The van der Waals surface area contributed by atoms with Crippen molar-refractivity contribution >= 4 is 27.8 Å². The van der Waals surface area contributed by atoms with Crippen LogP contribution in [-0.2, 0) is 10.0 Å². The molecule has 116 valence electrons. The van der Waals surface area contributed by atoms with Gasteiger partial charge in [0.15, 0.2) is 0 Å². The molecule has 0 saturated carbocycles. The van der Waals surface area contributed by atoms with Crippen molar-refractivity contribution in [3.63, 3.8) is 0 Å². The second kappa shape index (κ2) is 7.29. The summed E-state index contributed by atoms with van der Waals surface area (Å²) >= 11 is 5.84. The number of hydrogen-bond donors (Lipinski definition) is 1. The molecule has 5 nitrogen and oxygen atoms in total. The van der Waals surface area contributed by atoms with E-state index >= 15 is 0 Å². The number of benzene rings is 2. The van der Waals surface area contributed by atoms with Gasteiger partial charge >= 0.3 is 0 Å². The number of hydrazone groups is 1. The van der Waals surface area contributed by atoms with Crippen LogP contribution >= 0.6 is 11.6 Å². The van der Waals surface area contributed by atoms with Gasteiger partial charge < -0.3 is 4.74 Å². The van der Waals surface area contributed by atoms with E-state index in [1.54, 1.807) is 36.4 Å². The van der Waals surface area contributed by atoms with Gasteiger partial charge in [0.25, 0.3) is 10.0 Å². The molecule has 2 aromatic rings. The lowest BCUT2D eigenvalue weighted by atomic mass is 10.2. The molecule has 0 heterocycles. The van der Waals surface area contributed by atoms with Crippen LogP contribution in [0.15, 0.2) is 58.5 Å². The average molecular weight is 339 g/mol. The summed E-state index contributed by atoms with van der Waals surface area (Å²) in [5.41, 5.74) is 0.696. The third-order valence-corrected chi connectivity index (χ3v) is 4.15. The Morgan fingerprint density at radius 2 is 1.95 bits per heavy atom. The first-order valence-electron chi connectivity index (χ1n) is 6.54. The zero-order valence-corrected chi connectivity index (χ0v) is 13.4. The van der Waals surface area contributed by atoms with Crippen LogP contribution in [0.4, 0.5) is 0 Å². The number of rotatable bonds is 6. The first-order valence-corrected chi connectivity index (χ1v) is 8.40. The van der Waals surface area contributed by atoms with Crippen LogP contribution in [0.5, 0.6) is 5.75 Å². The van der Waals surface area contributed by atoms with Gasteiger partial charge in [-0.05, 0) is 48.9 Å². The highest BCUT2D eigenvalue weighted by molar-refractivity contribution is 7.89. The summed E-state index contributed by atoms with van der Waals surface area (Å²) in [5.74, 6) is 0.615. The average Bonchev–Trinajstić information content (AvgIpc) is 2.48. The number of nitrogens with zero attached hydrogens (tertiary/aromatic N) is 1. The van der Waals surface area contributed by atoms with Gasteiger partial charge in [-0.15, -0.1) is 0 Å². The third-order valence-electron chi connectivity index (χ3n) is 2.68. The summed E-state index contributed by atoms with van der Waals surface area (Å²) in [6.07, 6.45) is 1.39. The smallest absolute Gasteiger partial charge is 0.276 e. The van der Waals surface area contributed by atoms with Crippen LogP contribution in [-0.4, -0.2) is 21.2 Å². The predicted octanol–water partition coefficient (Wildman–Crippen LogP) is 3.05. The molecule has 2 aromatic carbocycles. The molecule has 22 heavy (non-hydrogen) atoms. The topological polar surface area (TPSA) is 67.8 Å². The number of hydrogen-bond acceptors (Lipinski definition) is 4. The molecule has 0 fully saturated rings. The SMILES string of the molecule is CCOc1ccc(S(=O)(=O)N/N=C/c2cccc(Cl)c2)cc1. The van der Waals surface area contributed by atoms with Crippen molar-refractivity contribution in [2.75, 3.05) is 6.61 Å². The van der Waals surface area contributed by atoms with Crippen molar-refractivity contribution in [1.82, 2.24) is 4.83 Å². The fourth-order valence-corrected chi connectivity index (χ4v) is 2.68. The van der Waals surface area contributed by atoms with Crippen molar-refractivity contribution in [2.45, 2.75) is 11.8 Å². The maximum absolute atomic E-state index is 12.1. The molecular formula is C15H15ClN2O3S. The zero-order chi connectivity index (χ0) is 16.0. The highest BCUT2D eigenvalue weighted by atomic mass is 35.5. The maximum atomic E-state index is 12.1. The van der Waals surface area contributed by atoms with E-state index in [0.29, 0.717) is 22.9 Å². The molecule has 0 saturated heterocycles. The molecule has 2 rings (SSSR count). The molecular weight excluding hydrogens is 324 g/mol. The Hall–Kier alpha value is -2.05. The summed E-state index contributed by atoms with van der Waals surface area (Å²) in [7, 11) is -3.71. The van der Waals surface area contributed by atoms with Gasteiger partial charge in [-0.3, -0.25) is 0 Å². The number of nitrogens with one attached hydrogen (secondary N) is 1.